The Balaban J connectivity index is 3.51. The van der Waals surface area contributed by atoms with E-state index in [1.165, 1.54) is 218 Å². The lowest BCUT2D eigenvalue weighted by Crippen LogP contribution is -2.45. The van der Waals surface area contributed by atoms with Crippen LogP contribution >= 0.6 is 0 Å². The van der Waals surface area contributed by atoms with Crippen molar-refractivity contribution in [2.45, 2.75) is 289 Å². The Kier molecular flexibility index (Phi) is 47.8. The van der Waals surface area contributed by atoms with E-state index in [0.717, 1.165) is 38.5 Å². The van der Waals surface area contributed by atoms with Crippen molar-refractivity contribution in [3.8, 4) is 0 Å². The highest BCUT2D eigenvalue weighted by Gasteiger charge is 2.17. The maximum Gasteiger partial charge on any atom is 0.220 e. The number of rotatable bonds is 47. The molecule has 336 valence electrons. The summed E-state index contributed by atoms with van der Waals surface area (Å²) in [5, 5.41) is 23.1. The lowest BCUT2D eigenvalue weighted by Gasteiger charge is -2.19. The Labute approximate surface area is 357 Å². The van der Waals surface area contributed by atoms with Crippen molar-refractivity contribution in [2.24, 2.45) is 0 Å². The van der Waals surface area contributed by atoms with Gasteiger partial charge in [-0.1, -0.05) is 262 Å². The number of aliphatic hydroxyl groups is 2. The van der Waals surface area contributed by atoms with E-state index in [1.54, 1.807) is 6.08 Å². The molecule has 0 aromatic heterocycles. The highest BCUT2D eigenvalue weighted by atomic mass is 16.3. The fourth-order valence-corrected chi connectivity index (χ4v) is 7.92. The Hall–Kier alpha value is -1.39. The predicted molar refractivity (Wildman–Crippen MR) is 253 cm³/mol. The topological polar surface area (TPSA) is 69.6 Å². The minimum Gasteiger partial charge on any atom is -0.394 e. The second kappa shape index (κ2) is 49.0. The van der Waals surface area contributed by atoms with Crippen molar-refractivity contribution in [1.29, 1.82) is 0 Å². The lowest BCUT2D eigenvalue weighted by molar-refractivity contribution is -0.123. The Morgan fingerprint density at radius 2 is 0.684 bits per heavy atom. The maximum atomic E-state index is 12.4. The second-order valence-electron chi connectivity index (χ2n) is 17.6. The highest BCUT2D eigenvalue weighted by Crippen LogP contribution is 2.17. The van der Waals surface area contributed by atoms with Crippen LogP contribution in [0.15, 0.2) is 36.5 Å². The smallest absolute Gasteiger partial charge is 0.220 e. The van der Waals surface area contributed by atoms with E-state index in [1.807, 2.05) is 6.08 Å². The van der Waals surface area contributed by atoms with Crippen LogP contribution in [0.4, 0.5) is 0 Å². The second-order valence-corrected chi connectivity index (χ2v) is 17.6. The number of carbonyl (C=O) groups excluding carboxylic acids is 1. The number of nitrogens with one attached hydrogen (secondary N) is 1. The number of aliphatic hydroxyl groups excluding tert-OH is 2. The van der Waals surface area contributed by atoms with Gasteiger partial charge in [-0.15, -0.1) is 0 Å². The van der Waals surface area contributed by atoms with Crippen molar-refractivity contribution in [3.63, 3.8) is 0 Å². The van der Waals surface area contributed by atoms with Crippen molar-refractivity contribution in [2.75, 3.05) is 6.61 Å². The summed E-state index contributed by atoms with van der Waals surface area (Å²) in [6, 6.07) is -0.643. The van der Waals surface area contributed by atoms with E-state index in [2.05, 4.69) is 43.5 Å². The molecule has 2 unspecified atom stereocenters. The summed E-state index contributed by atoms with van der Waals surface area (Å²) in [6.45, 7) is 4.31. The van der Waals surface area contributed by atoms with E-state index < -0.39 is 12.1 Å². The van der Waals surface area contributed by atoms with Crippen LogP contribution in [-0.4, -0.2) is 34.9 Å². The summed E-state index contributed by atoms with van der Waals surface area (Å²) in [7, 11) is 0. The van der Waals surface area contributed by atoms with Crippen LogP contribution in [0.2, 0.25) is 0 Å². The monoisotopic (exact) mass is 800 g/mol. The van der Waals surface area contributed by atoms with Gasteiger partial charge in [0.2, 0.25) is 5.91 Å². The van der Waals surface area contributed by atoms with Gasteiger partial charge < -0.3 is 15.5 Å². The zero-order chi connectivity index (χ0) is 41.4. The van der Waals surface area contributed by atoms with E-state index in [0.29, 0.717) is 6.42 Å². The van der Waals surface area contributed by atoms with Crippen molar-refractivity contribution in [3.05, 3.63) is 36.5 Å². The Morgan fingerprint density at radius 1 is 0.404 bits per heavy atom. The summed E-state index contributed by atoms with van der Waals surface area (Å²) >= 11 is 0. The summed E-state index contributed by atoms with van der Waals surface area (Å²) < 4.78 is 0. The molecule has 4 heteroatoms. The molecule has 4 nitrogen and oxygen atoms in total. The molecule has 0 fully saturated rings. The molecule has 1 amide bonds. The molecule has 2 atom stereocenters. The Bertz CT molecular complexity index is 866. The third-order valence-corrected chi connectivity index (χ3v) is 11.9. The first-order valence-electron chi connectivity index (χ1n) is 25.7. The summed E-state index contributed by atoms with van der Waals surface area (Å²) in [6.07, 6.45) is 65.7. The fraction of sp³-hybridized carbons (Fsp3) is 0.868. The molecule has 0 aliphatic carbocycles. The van der Waals surface area contributed by atoms with Crippen molar-refractivity contribution < 1.29 is 15.0 Å². The molecule has 57 heavy (non-hydrogen) atoms. The van der Waals surface area contributed by atoms with Crippen molar-refractivity contribution >= 4 is 5.91 Å². The Morgan fingerprint density at radius 3 is 1.02 bits per heavy atom. The molecular formula is C53H101NO3. The molecule has 0 aliphatic heterocycles. The third kappa shape index (κ3) is 45.5. The molecule has 0 aromatic carbocycles. The number of carbonyl (C=O) groups is 1. The standard InChI is InChI=1S/C53H101NO3/c1-3-5-7-9-11-13-15-17-19-21-23-24-25-26-27-28-29-30-31-33-35-37-39-41-43-45-47-49-53(57)54-51(50-55)52(56)48-46-44-42-40-38-36-34-32-22-20-18-16-14-12-10-8-6-4-2/h22,32,38,40,46,48,51-52,55-56H,3-21,23-31,33-37,39,41-45,47,49-50H2,1-2H3,(H,54,57)/b32-22+,40-38+,48-46+. The van der Waals surface area contributed by atoms with Crippen LogP contribution in [0.5, 0.6) is 0 Å². The minimum absolute atomic E-state index is 0.0733. The molecule has 0 radical (unpaired) electrons. The van der Waals surface area contributed by atoms with Gasteiger partial charge in [-0.05, 0) is 44.9 Å². The number of allylic oxidation sites excluding steroid dienone is 5. The zero-order valence-electron chi connectivity index (χ0n) is 38.6. The van der Waals surface area contributed by atoms with Gasteiger partial charge in [-0.3, -0.25) is 4.79 Å². The molecule has 3 N–H and O–H groups in total. The van der Waals surface area contributed by atoms with Crippen LogP contribution < -0.4 is 5.32 Å². The lowest BCUT2D eigenvalue weighted by atomic mass is 10.0. The summed E-state index contributed by atoms with van der Waals surface area (Å²) in [5.74, 6) is -0.0733. The number of unbranched alkanes of at least 4 members (excludes halogenated alkanes) is 36. The molecule has 0 spiro atoms. The van der Waals surface area contributed by atoms with Crippen molar-refractivity contribution in [1.82, 2.24) is 5.32 Å². The fourth-order valence-electron chi connectivity index (χ4n) is 7.92. The molecule has 0 aliphatic rings. The molecule has 0 aromatic rings. The minimum atomic E-state index is -0.868. The number of hydrogen-bond acceptors (Lipinski definition) is 3. The van der Waals surface area contributed by atoms with Crippen LogP contribution in [0.1, 0.15) is 277 Å². The maximum absolute atomic E-state index is 12.4. The van der Waals surface area contributed by atoms with Crippen LogP contribution in [0.3, 0.4) is 0 Å². The molecule has 0 heterocycles. The number of amides is 1. The first-order valence-corrected chi connectivity index (χ1v) is 25.7. The van der Waals surface area contributed by atoms with E-state index in [4.69, 9.17) is 0 Å². The number of hydrogen-bond donors (Lipinski definition) is 3. The average molecular weight is 800 g/mol. The van der Waals surface area contributed by atoms with Gasteiger partial charge in [-0.2, -0.15) is 0 Å². The first-order chi connectivity index (χ1) is 28.2. The van der Waals surface area contributed by atoms with Gasteiger partial charge >= 0.3 is 0 Å². The molecule has 0 bridgehead atoms. The highest BCUT2D eigenvalue weighted by molar-refractivity contribution is 5.76. The van der Waals surface area contributed by atoms with Gasteiger partial charge in [0.25, 0.3) is 0 Å². The van der Waals surface area contributed by atoms with Gasteiger partial charge in [0, 0.05) is 6.42 Å². The van der Waals surface area contributed by atoms with E-state index in [9.17, 15) is 15.0 Å². The summed E-state index contributed by atoms with van der Waals surface area (Å²) in [4.78, 5) is 12.4. The van der Waals surface area contributed by atoms with E-state index >= 15 is 0 Å². The van der Waals surface area contributed by atoms with Crippen LogP contribution in [-0.2, 0) is 4.79 Å². The predicted octanol–water partition coefficient (Wildman–Crippen LogP) is 16.5. The normalized spacial score (nSPS) is 13.1. The molecule has 0 saturated carbocycles. The quantitative estimate of drug-likeness (QED) is 0.0424. The molecular weight excluding hydrogens is 699 g/mol. The zero-order valence-corrected chi connectivity index (χ0v) is 38.6. The van der Waals surface area contributed by atoms with Gasteiger partial charge in [0.1, 0.15) is 0 Å². The first kappa shape index (κ1) is 55.6. The van der Waals surface area contributed by atoms with Gasteiger partial charge in [0.05, 0.1) is 18.8 Å². The van der Waals surface area contributed by atoms with Crippen LogP contribution in [0.25, 0.3) is 0 Å². The van der Waals surface area contributed by atoms with E-state index in [-0.39, 0.29) is 12.5 Å². The largest absolute Gasteiger partial charge is 0.394 e. The van der Waals surface area contributed by atoms with Gasteiger partial charge in [-0.25, -0.2) is 0 Å². The van der Waals surface area contributed by atoms with Crippen LogP contribution in [0, 0.1) is 0 Å². The average Bonchev–Trinajstić information content (AvgIpc) is 3.22. The SMILES string of the molecule is CCCCCCCCCC/C=C/CC/C=C/CC/C=C/C(O)C(CO)NC(=O)CCCCCCCCCCCCCCCCCCCCCCCCCCCCC. The third-order valence-electron chi connectivity index (χ3n) is 11.9. The van der Waals surface area contributed by atoms with Gasteiger partial charge in [0.15, 0.2) is 0 Å². The molecule has 0 rings (SSSR count). The molecule has 0 saturated heterocycles. The summed E-state index contributed by atoms with van der Waals surface area (Å²) in [5.41, 5.74) is 0.